The molecule has 0 fully saturated rings. The summed E-state index contributed by atoms with van der Waals surface area (Å²) in [7, 11) is 0. The SMILES string of the molecule is c1ccc2[nH]ccc2c1.c1ccc2ccccc2c1.c1ccncc1. The third-order valence-electron chi connectivity index (χ3n) is 3.69. The zero-order chi connectivity index (χ0) is 17.2. The van der Waals surface area contributed by atoms with Gasteiger partial charge in [0, 0.05) is 24.1 Å². The first-order valence-electron chi connectivity index (χ1n) is 8.24. The van der Waals surface area contributed by atoms with Crippen LogP contribution in [0.4, 0.5) is 0 Å². The van der Waals surface area contributed by atoms with E-state index < -0.39 is 0 Å². The first kappa shape index (κ1) is 16.5. The van der Waals surface area contributed by atoms with Crippen LogP contribution in [0.25, 0.3) is 21.7 Å². The van der Waals surface area contributed by atoms with E-state index in [0.29, 0.717) is 0 Å². The van der Waals surface area contributed by atoms with Crippen molar-refractivity contribution in [2.45, 2.75) is 0 Å². The van der Waals surface area contributed by atoms with Crippen molar-refractivity contribution in [2.24, 2.45) is 0 Å². The molecule has 3 aromatic carbocycles. The number of benzene rings is 3. The molecule has 0 unspecified atom stereocenters. The number of hydrogen-bond donors (Lipinski definition) is 1. The lowest BCUT2D eigenvalue weighted by atomic mass is 10.1. The molecule has 25 heavy (non-hydrogen) atoms. The van der Waals surface area contributed by atoms with Crippen LogP contribution in [0.5, 0.6) is 0 Å². The highest BCUT2D eigenvalue weighted by Crippen LogP contribution is 2.11. The minimum Gasteiger partial charge on any atom is -0.361 e. The molecule has 0 spiro atoms. The van der Waals surface area contributed by atoms with Crippen LogP contribution in [0, 0.1) is 0 Å². The van der Waals surface area contributed by atoms with E-state index in [-0.39, 0.29) is 0 Å². The van der Waals surface area contributed by atoms with Crippen molar-refractivity contribution in [1.29, 1.82) is 0 Å². The molecule has 0 radical (unpaired) electrons. The van der Waals surface area contributed by atoms with Crippen LogP contribution in [-0.2, 0) is 0 Å². The van der Waals surface area contributed by atoms with Gasteiger partial charge >= 0.3 is 0 Å². The maximum absolute atomic E-state index is 3.78. The lowest BCUT2D eigenvalue weighted by Gasteiger charge is -1.92. The van der Waals surface area contributed by atoms with Crippen LogP contribution < -0.4 is 0 Å². The standard InChI is InChI=1S/C10H8.C8H7N.C5H5N/c1-2-6-10-8-4-3-7-9(10)5-1;1-2-4-8-7(3-1)5-6-9-8;1-2-4-6-5-3-1/h1-8H;1-6,9H;1-5H. The van der Waals surface area contributed by atoms with Gasteiger partial charge in [0.25, 0.3) is 0 Å². The summed E-state index contributed by atoms with van der Waals surface area (Å²) in [6, 6.07) is 32.7. The van der Waals surface area contributed by atoms with Gasteiger partial charge in [0.2, 0.25) is 0 Å². The normalized spacial score (nSPS) is 9.60. The third-order valence-corrected chi connectivity index (χ3v) is 3.69. The summed E-state index contributed by atoms with van der Waals surface area (Å²) in [6.45, 7) is 0. The Hall–Kier alpha value is -3.39. The molecule has 2 heterocycles. The number of aromatic amines is 1. The van der Waals surface area contributed by atoms with Gasteiger partial charge < -0.3 is 4.98 Å². The molecule has 0 aliphatic heterocycles. The Balaban J connectivity index is 0.000000113. The van der Waals surface area contributed by atoms with Gasteiger partial charge in [-0.1, -0.05) is 72.8 Å². The predicted molar refractivity (Wildman–Crippen MR) is 106 cm³/mol. The summed E-state index contributed by atoms with van der Waals surface area (Å²) < 4.78 is 0. The van der Waals surface area contributed by atoms with Gasteiger partial charge in [0.15, 0.2) is 0 Å². The number of nitrogens with one attached hydrogen (secondary N) is 1. The molecule has 5 aromatic rings. The quantitative estimate of drug-likeness (QED) is 0.367. The van der Waals surface area contributed by atoms with Gasteiger partial charge in [0.1, 0.15) is 0 Å². The lowest BCUT2D eigenvalue weighted by molar-refractivity contribution is 1.33. The van der Waals surface area contributed by atoms with Crippen molar-refractivity contribution in [3.05, 3.63) is 116 Å². The second-order valence-electron chi connectivity index (χ2n) is 5.44. The van der Waals surface area contributed by atoms with Gasteiger partial charge in [-0.25, -0.2) is 0 Å². The van der Waals surface area contributed by atoms with Gasteiger partial charge in [-0.3, -0.25) is 4.98 Å². The van der Waals surface area contributed by atoms with Gasteiger partial charge in [-0.05, 0) is 40.4 Å². The summed E-state index contributed by atoms with van der Waals surface area (Å²) in [5, 5.41) is 3.90. The number of H-pyrrole nitrogens is 1. The Morgan fingerprint density at radius 2 is 1.00 bits per heavy atom. The molecule has 0 aliphatic rings. The predicted octanol–water partition coefficient (Wildman–Crippen LogP) is 6.09. The molecular weight excluding hydrogens is 304 g/mol. The van der Waals surface area contributed by atoms with Crippen molar-refractivity contribution in [3.63, 3.8) is 0 Å². The molecule has 0 atom stereocenters. The fourth-order valence-electron chi connectivity index (χ4n) is 2.44. The largest absolute Gasteiger partial charge is 0.361 e. The van der Waals surface area contributed by atoms with E-state index in [1.54, 1.807) is 12.4 Å². The van der Waals surface area contributed by atoms with Crippen LogP contribution in [0.3, 0.4) is 0 Å². The Kier molecular flexibility index (Phi) is 5.95. The Morgan fingerprint density at radius 3 is 1.44 bits per heavy atom. The second-order valence-corrected chi connectivity index (χ2v) is 5.44. The topological polar surface area (TPSA) is 28.7 Å². The van der Waals surface area contributed by atoms with E-state index in [9.17, 15) is 0 Å². The molecule has 5 rings (SSSR count). The summed E-state index contributed by atoms with van der Waals surface area (Å²) in [5.74, 6) is 0. The minimum absolute atomic E-state index is 1.21. The molecule has 0 bridgehead atoms. The molecule has 0 amide bonds. The van der Waals surface area contributed by atoms with Crippen LogP contribution in [-0.4, -0.2) is 9.97 Å². The maximum atomic E-state index is 3.78. The molecule has 2 nitrogen and oxygen atoms in total. The first-order chi connectivity index (χ1) is 12.4. The number of aromatic nitrogens is 2. The summed E-state index contributed by atoms with van der Waals surface area (Å²) in [6.07, 6.45) is 5.45. The fraction of sp³-hybridized carbons (Fsp3) is 0. The number of pyridine rings is 1. The molecule has 0 aliphatic carbocycles. The Morgan fingerprint density at radius 1 is 0.480 bits per heavy atom. The number of hydrogen-bond acceptors (Lipinski definition) is 1. The number of rotatable bonds is 0. The van der Waals surface area contributed by atoms with Gasteiger partial charge in [-0.2, -0.15) is 0 Å². The Bertz CT molecular complexity index is 881. The summed E-state index contributed by atoms with van der Waals surface area (Å²) in [5.41, 5.74) is 1.21. The van der Waals surface area contributed by atoms with E-state index in [1.165, 1.54) is 21.7 Å². The average Bonchev–Trinajstić information content (AvgIpc) is 3.19. The molecular formula is C23H20N2. The molecule has 2 aromatic heterocycles. The first-order valence-corrected chi connectivity index (χ1v) is 8.24. The molecule has 2 heteroatoms. The Labute approximate surface area is 147 Å². The van der Waals surface area contributed by atoms with Gasteiger partial charge in [0.05, 0.1) is 0 Å². The van der Waals surface area contributed by atoms with Crippen LogP contribution >= 0.6 is 0 Å². The number of fused-ring (bicyclic) bond motifs is 2. The zero-order valence-electron chi connectivity index (χ0n) is 13.9. The third kappa shape index (κ3) is 5.05. The zero-order valence-corrected chi connectivity index (χ0v) is 13.9. The van der Waals surface area contributed by atoms with Crippen molar-refractivity contribution in [1.82, 2.24) is 9.97 Å². The maximum Gasteiger partial charge on any atom is 0.0453 e. The number of nitrogens with zero attached hydrogens (tertiary/aromatic N) is 1. The summed E-state index contributed by atoms with van der Waals surface area (Å²) >= 11 is 0. The van der Waals surface area contributed by atoms with Gasteiger partial charge in [-0.15, -0.1) is 0 Å². The molecule has 0 saturated carbocycles. The highest BCUT2D eigenvalue weighted by molar-refractivity contribution is 5.82. The van der Waals surface area contributed by atoms with Crippen molar-refractivity contribution in [2.75, 3.05) is 0 Å². The number of para-hydroxylation sites is 1. The van der Waals surface area contributed by atoms with Crippen molar-refractivity contribution in [3.8, 4) is 0 Å². The highest BCUT2D eigenvalue weighted by atomic mass is 14.7. The van der Waals surface area contributed by atoms with Crippen LogP contribution in [0.2, 0.25) is 0 Å². The van der Waals surface area contributed by atoms with E-state index in [1.807, 2.05) is 36.5 Å². The average molecular weight is 324 g/mol. The monoisotopic (exact) mass is 324 g/mol. The smallest absolute Gasteiger partial charge is 0.0453 e. The molecule has 122 valence electrons. The van der Waals surface area contributed by atoms with E-state index >= 15 is 0 Å². The molecule has 0 saturated heterocycles. The molecule has 1 N–H and O–H groups in total. The minimum atomic E-state index is 1.21. The van der Waals surface area contributed by atoms with Crippen LogP contribution in [0.15, 0.2) is 116 Å². The van der Waals surface area contributed by atoms with Crippen LogP contribution in [0.1, 0.15) is 0 Å². The van der Waals surface area contributed by atoms with Crippen molar-refractivity contribution < 1.29 is 0 Å². The lowest BCUT2D eigenvalue weighted by Crippen LogP contribution is -1.67. The van der Waals surface area contributed by atoms with Crippen molar-refractivity contribution >= 4 is 21.7 Å². The highest BCUT2D eigenvalue weighted by Gasteiger charge is 1.87. The second kappa shape index (κ2) is 9.04. The van der Waals surface area contributed by atoms with E-state index in [4.69, 9.17) is 0 Å². The van der Waals surface area contributed by atoms with E-state index in [0.717, 1.165) is 0 Å². The fourth-order valence-corrected chi connectivity index (χ4v) is 2.44. The van der Waals surface area contributed by atoms with E-state index in [2.05, 4.69) is 76.7 Å². The summed E-state index contributed by atoms with van der Waals surface area (Å²) in [4.78, 5) is 6.90.